The van der Waals surface area contributed by atoms with E-state index in [0.29, 0.717) is 19.3 Å². The summed E-state index contributed by atoms with van der Waals surface area (Å²) in [5.41, 5.74) is 2.83. The molecule has 1 amide bonds. The molecule has 2 saturated heterocycles. The average molecular weight is 305 g/mol. The number of nitrogens with one attached hydrogen (secondary N) is 2. The Morgan fingerprint density at radius 3 is 3.00 bits per heavy atom. The fourth-order valence-electron chi connectivity index (χ4n) is 3.36. The Morgan fingerprint density at radius 2 is 2.29 bits per heavy atom. The molecule has 0 unspecified atom stereocenters. The predicted molar refractivity (Wildman–Crippen MR) is 81.3 cm³/mol. The maximum absolute atomic E-state index is 12.3. The number of aromatic nitrogens is 1. The van der Waals surface area contributed by atoms with Gasteiger partial charge in [0.1, 0.15) is 0 Å². The van der Waals surface area contributed by atoms with Gasteiger partial charge in [-0.3, -0.25) is 4.79 Å². The van der Waals surface area contributed by atoms with Gasteiger partial charge in [-0.05, 0) is 43.5 Å². The molecule has 2 N–H and O–H groups in total. The van der Waals surface area contributed by atoms with E-state index >= 15 is 0 Å². The van der Waals surface area contributed by atoms with Gasteiger partial charge in [0.15, 0.2) is 0 Å². The van der Waals surface area contributed by atoms with Gasteiger partial charge in [-0.15, -0.1) is 0 Å². The highest BCUT2D eigenvalue weighted by atomic mass is 35.5. The van der Waals surface area contributed by atoms with E-state index in [2.05, 4.69) is 10.3 Å². The van der Waals surface area contributed by atoms with Gasteiger partial charge in [0.2, 0.25) is 5.91 Å². The number of aryl methyl sites for hydroxylation is 1. The van der Waals surface area contributed by atoms with Crippen molar-refractivity contribution in [3.63, 3.8) is 0 Å². The Bertz CT molecular complexity index is 687. The number of hydrogen-bond acceptors (Lipinski definition) is 2. The minimum absolute atomic E-state index is 0.115. The van der Waals surface area contributed by atoms with Crippen molar-refractivity contribution in [1.82, 2.24) is 10.3 Å². The van der Waals surface area contributed by atoms with Gasteiger partial charge in [-0.25, -0.2) is 0 Å². The smallest absolute Gasteiger partial charge is 0.229 e. The molecule has 1 aromatic carbocycles. The first-order valence-electron chi connectivity index (χ1n) is 7.23. The second-order valence-electron chi connectivity index (χ2n) is 6.29. The van der Waals surface area contributed by atoms with Crippen molar-refractivity contribution in [2.24, 2.45) is 5.41 Å². The molecular weight excluding hydrogens is 288 g/mol. The van der Waals surface area contributed by atoms with E-state index in [9.17, 15) is 4.79 Å². The number of fused-ring (bicyclic) bond motifs is 2. The molecule has 0 atom stereocenters. The van der Waals surface area contributed by atoms with Gasteiger partial charge in [0.05, 0.1) is 24.7 Å². The van der Waals surface area contributed by atoms with E-state index in [1.807, 2.05) is 25.1 Å². The zero-order chi connectivity index (χ0) is 14.6. The molecule has 5 heteroatoms. The molecule has 1 aliphatic carbocycles. The topological polar surface area (TPSA) is 54.1 Å². The first kappa shape index (κ1) is 13.2. The van der Waals surface area contributed by atoms with Gasteiger partial charge in [0, 0.05) is 21.6 Å². The van der Waals surface area contributed by atoms with Crippen molar-refractivity contribution in [3.05, 3.63) is 34.5 Å². The third-order valence-electron chi connectivity index (χ3n) is 4.71. The lowest BCUT2D eigenvalue weighted by Crippen LogP contribution is -2.46. The Morgan fingerprint density at radius 1 is 1.48 bits per heavy atom. The van der Waals surface area contributed by atoms with Crippen LogP contribution in [-0.2, 0) is 16.1 Å². The summed E-state index contributed by atoms with van der Waals surface area (Å²) in [5, 5.41) is 4.86. The van der Waals surface area contributed by atoms with Gasteiger partial charge < -0.3 is 15.0 Å². The van der Waals surface area contributed by atoms with Crippen LogP contribution in [0, 0.1) is 12.3 Å². The quantitative estimate of drug-likeness (QED) is 0.916. The maximum atomic E-state index is 12.3. The van der Waals surface area contributed by atoms with Crippen LogP contribution in [-0.4, -0.2) is 23.6 Å². The van der Waals surface area contributed by atoms with E-state index < -0.39 is 0 Å². The summed E-state index contributed by atoms with van der Waals surface area (Å²) in [6, 6.07) is 6.02. The van der Waals surface area contributed by atoms with Crippen molar-refractivity contribution < 1.29 is 9.53 Å². The molecule has 1 aromatic heterocycles. The normalized spacial score (nSPS) is 26.9. The first-order chi connectivity index (χ1) is 10.1. The molecule has 2 aromatic rings. The zero-order valence-electron chi connectivity index (χ0n) is 11.8. The van der Waals surface area contributed by atoms with Crippen LogP contribution >= 0.6 is 11.6 Å². The highest BCUT2D eigenvalue weighted by Crippen LogP contribution is 2.50. The number of carbonyl (C=O) groups is 1. The van der Waals surface area contributed by atoms with E-state index in [1.165, 1.54) is 0 Å². The number of hydrogen-bond donors (Lipinski definition) is 2. The highest BCUT2D eigenvalue weighted by Gasteiger charge is 2.56. The molecule has 2 bridgehead atoms. The summed E-state index contributed by atoms with van der Waals surface area (Å²) in [6.07, 6.45) is 2.06. The molecule has 4 nitrogen and oxygen atoms in total. The van der Waals surface area contributed by atoms with E-state index in [1.54, 1.807) is 0 Å². The van der Waals surface area contributed by atoms with Crippen LogP contribution < -0.4 is 5.32 Å². The molecule has 0 spiro atoms. The molecular formula is C16H17ClN2O2. The fraction of sp³-hybridized carbons (Fsp3) is 0.438. The Kier molecular flexibility index (Phi) is 2.81. The highest BCUT2D eigenvalue weighted by molar-refractivity contribution is 6.32. The summed E-state index contributed by atoms with van der Waals surface area (Å²) in [5.74, 6) is 0.115. The lowest BCUT2D eigenvalue weighted by Gasteiger charge is -2.33. The van der Waals surface area contributed by atoms with Crippen LogP contribution in [0.25, 0.3) is 10.9 Å². The Balaban J connectivity index is 1.48. The SMILES string of the molecule is Cc1cc2[nH]c(CNC(=O)C34COC(C3)C4)cc2cc1Cl. The summed E-state index contributed by atoms with van der Waals surface area (Å²) in [6.45, 7) is 3.07. The second-order valence-corrected chi connectivity index (χ2v) is 6.69. The largest absolute Gasteiger partial charge is 0.377 e. The molecule has 3 aliphatic rings. The number of aromatic amines is 1. The van der Waals surface area contributed by atoms with E-state index in [4.69, 9.17) is 16.3 Å². The molecule has 2 aliphatic heterocycles. The number of ether oxygens (including phenoxy) is 1. The number of amides is 1. The summed E-state index contributed by atoms with van der Waals surface area (Å²) in [7, 11) is 0. The standard InChI is InChI=1S/C16H17ClN2O2/c1-9-2-14-10(4-13(9)17)3-11(19-14)7-18-15(20)16-5-12(6-16)21-8-16/h2-4,12,19H,5-8H2,1H3,(H,18,20). The summed E-state index contributed by atoms with van der Waals surface area (Å²) < 4.78 is 5.49. The van der Waals surface area contributed by atoms with Crippen molar-refractivity contribution in [1.29, 1.82) is 0 Å². The van der Waals surface area contributed by atoms with Gasteiger partial charge >= 0.3 is 0 Å². The van der Waals surface area contributed by atoms with Crippen LogP contribution in [0.1, 0.15) is 24.1 Å². The summed E-state index contributed by atoms with van der Waals surface area (Å²) >= 11 is 6.14. The molecule has 110 valence electrons. The number of H-pyrrole nitrogens is 1. The number of carbonyl (C=O) groups excluding carboxylic acids is 1. The van der Waals surface area contributed by atoms with Crippen molar-refractivity contribution in [3.8, 4) is 0 Å². The van der Waals surface area contributed by atoms with Crippen LogP contribution in [0.5, 0.6) is 0 Å². The fourth-order valence-corrected chi connectivity index (χ4v) is 3.53. The van der Waals surface area contributed by atoms with Gasteiger partial charge in [0.25, 0.3) is 0 Å². The van der Waals surface area contributed by atoms with Crippen LogP contribution in [0.3, 0.4) is 0 Å². The van der Waals surface area contributed by atoms with Crippen molar-refractivity contribution >= 4 is 28.4 Å². The molecule has 5 rings (SSSR count). The lowest BCUT2D eigenvalue weighted by molar-refractivity contribution is -0.133. The Labute approximate surface area is 127 Å². The molecule has 3 fully saturated rings. The molecule has 1 saturated carbocycles. The summed E-state index contributed by atoms with van der Waals surface area (Å²) in [4.78, 5) is 15.6. The minimum atomic E-state index is -0.253. The lowest BCUT2D eigenvalue weighted by atomic mass is 9.69. The van der Waals surface area contributed by atoms with E-state index in [-0.39, 0.29) is 11.3 Å². The molecule has 0 radical (unpaired) electrons. The molecule has 21 heavy (non-hydrogen) atoms. The maximum Gasteiger partial charge on any atom is 0.229 e. The van der Waals surface area contributed by atoms with Crippen LogP contribution in [0.4, 0.5) is 0 Å². The van der Waals surface area contributed by atoms with Crippen molar-refractivity contribution in [2.45, 2.75) is 32.4 Å². The number of benzene rings is 1. The third kappa shape index (κ3) is 2.05. The van der Waals surface area contributed by atoms with Gasteiger partial charge in [-0.1, -0.05) is 11.6 Å². The van der Waals surface area contributed by atoms with Crippen LogP contribution in [0.15, 0.2) is 18.2 Å². The van der Waals surface area contributed by atoms with Gasteiger partial charge in [-0.2, -0.15) is 0 Å². The minimum Gasteiger partial charge on any atom is -0.377 e. The van der Waals surface area contributed by atoms with Crippen molar-refractivity contribution in [2.75, 3.05) is 6.61 Å². The first-order valence-corrected chi connectivity index (χ1v) is 7.61. The predicted octanol–water partition coefficient (Wildman–Crippen LogP) is 2.92. The van der Waals surface area contributed by atoms with E-state index in [0.717, 1.165) is 40.0 Å². The molecule has 3 heterocycles. The monoisotopic (exact) mass is 304 g/mol. The van der Waals surface area contributed by atoms with Crippen LogP contribution in [0.2, 0.25) is 5.02 Å². The average Bonchev–Trinajstić information content (AvgIpc) is 3.09. The number of halogens is 1. The Hall–Kier alpha value is -1.52. The zero-order valence-corrected chi connectivity index (χ0v) is 12.6. The second kappa shape index (κ2) is 4.49. The third-order valence-corrected chi connectivity index (χ3v) is 5.12. The number of rotatable bonds is 3.